The molecule has 0 spiro atoms. The fourth-order valence-corrected chi connectivity index (χ4v) is 3.90. The Bertz CT molecular complexity index is 720. The molecular weight excluding hydrogens is 346 g/mol. The van der Waals surface area contributed by atoms with Crippen molar-refractivity contribution in [2.24, 2.45) is 5.92 Å². The molecule has 7 heteroatoms. The molecule has 3 rings (SSSR count). The molecule has 0 N–H and O–H groups in total. The minimum atomic E-state index is -0.332. The molecule has 1 aromatic rings. The topological polar surface area (TPSA) is 70.2 Å². The SMILES string of the molecule is CCOC(=O)N1CCN(C(=O)C2CC(=O)N(c3c(C)cccc3C)C2)CC1. The fourth-order valence-electron chi connectivity index (χ4n) is 3.90. The van der Waals surface area contributed by atoms with Gasteiger partial charge in [0.25, 0.3) is 0 Å². The van der Waals surface area contributed by atoms with Gasteiger partial charge in [0.2, 0.25) is 11.8 Å². The minimum absolute atomic E-state index is 0.000552. The van der Waals surface area contributed by atoms with Gasteiger partial charge in [-0.3, -0.25) is 9.59 Å². The number of rotatable bonds is 3. The van der Waals surface area contributed by atoms with Crippen LogP contribution in [0.3, 0.4) is 0 Å². The number of ether oxygens (including phenoxy) is 1. The Balaban J connectivity index is 1.63. The second-order valence-electron chi connectivity index (χ2n) is 7.16. The monoisotopic (exact) mass is 373 g/mol. The molecule has 1 atom stereocenters. The molecule has 0 aliphatic carbocycles. The number of anilines is 1. The highest BCUT2D eigenvalue weighted by Crippen LogP contribution is 2.31. The predicted octanol–water partition coefficient (Wildman–Crippen LogP) is 1.96. The lowest BCUT2D eigenvalue weighted by molar-refractivity contribution is -0.137. The van der Waals surface area contributed by atoms with Gasteiger partial charge in [-0.2, -0.15) is 0 Å². The van der Waals surface area contributed by atoms with E-state index < -0.39 is 0 Å². The first kappa shape index (κ1) is 19.2. The Morgan fingerprint density at radius 2 is 1.67 bits per heavy atom. The minimum Gasteiger partial charge on any atom is -0.450 e. The van der Waals surface area contributed by atoms with Crippen LogP contribution in [0.15, 0.2) is 18.2 Å². The van der Waals surface area contributed by atoms with Crippen LogP contribution in [0, 0.1) is 19.8 Å². The largest absolute Gasteiger partial charge is 0.450 e. The van der Waals surface area contributed by atoms with Crippen molar-refractivity contribution in [3.8, 4) is 0 Å². The lowest BCUT2D eigenvalue weighted by Gasteiger charge is -2.35. The van der Waals surface area contributed by atoms with E-state index in [2.05, 4.69) is 0 Å². The highest BCUT2D eigenvalue weighted by Gasteiger charge is 2.39. The third-order valence-corrected chi connectivity index (χ3v) is 5.30. The van der Waals surface area contributed by atoms with Gasteiger partial charge in [-0.05, 0) is 31.9 Å². The maximum absolute atomic E-state index is 12.9. The Morgan fingerprint density at radius 3 is 2.26 bits per heavy atom. The Kier molecular flexibility index (Phi) is 5.68. The zero-order valence-corrected chi connectivity index (χ0v) is 16.2. The molecule has 2 heterocycles. The zero-order valence-electron chi connectivity index (χ0n) is 16.2. The molecule has 2 fully saturated rings. The lowest BCUT2D eigenvalue weighted by atomic mass is 10.1. The van der Waals surface area contributed by atoms with Gasteiger partial charge in [0.05, 0.1) is 12.5 Å². The molecule has 146 valence electrons. The number of aryl methyl sites for hydroxylation is 2. The second kappa shape index (κ2) is 7.98. The summed E-state index contributed by atoms with van der Waals surface area (Å²) in [4.78, 5) is 42.4. The van der Waals surface area contributed by atoms with Gasteiger partial charge in [0.15, 0.2) is 0 Å². The summed E-state index contributed by atoms with van der Waals surface area (Å²) in [5.41, 5.74) is 3.00. The van der Waals surface area contributed by atoms with E-state index in [9.17, 15) is 14.4 Å². The third-order valence-electron chi connectivity index (χ3n) is 5.30. The van der Waals surface area contributed by atoms with Crippen LogP contribution in [0.1, 0.15) is 24.5 Å². The summed E-state index contributed by atoms with van der Waals surface area (Å²) >= 11 is 0. The van der Waals surface area contributed by atoms with Crippen molar-refractivity contribution < 1.29 is 19.1 Å². The van der Waals surface area contributed by atoms with Crippen molar-refractivity contribution in [2.45, 2.75) is 27.2 Å². The van der Waals surface area contributed by atoms with E-state index in [1.165, 1.54) is 0 Å². The highest BCUT2D eigenvalue weighted by molar-refractivity contribution is 6.01. The molecular formula is C20H27N3O4. The average molecular weight is 373 g/mol. The quantitative estimate of drug-likeness (QED) is 0.812. The molecule has 7 nitrogen and oxygen atoms in total. The molecule has 2 saturated heterocycles. The van der Waals surface area contributed by atoms with Crippen molar-refractivity contribution in [1.82, 2.24) is 9.80 Å². The van der Waals surface area contributed by atoms with E-state index in [4.69, 9.17) is 4.74 Å². The van der Waals surface area contributed by atoms with Crippen LogP contribution in [0.2, 0.25) is 0 Å². The number of para-hydroxylation sites is 1. The van der Waals surface area contributed by atoms with E-state index in [-0.39, 0.29) is 30.2 Å². The van der Waals surface area contributed by atoms with Crippen LogP contribution in [-0.4, -0.2) is 67.0 Å². The van der Waals surface area contributed by atoms with Crippen molar-refractivity contribution >= 4 is 23.6 Å². The number of carbonyl (C=O) groups is 3. The number of carbonyl (C=O) groups excluding carboxylic acids is 3. The maximum atomic E-state index is 12.9. The number of hydrogen-bond donors (Lipinski definition) is 0. The summed E-state index contributed by atoms with van der Waals surface area (Å²) in [5, 5.41) is 0. The van der Waals surface area contributed by atoms with Gasteiger partial charge < -0.3 is 19.4 Å². The maximum Gasteiger partial charge on any atom is 0.409 e. The Hall–Kier alpha value is -2.57. The molecule has 1 unspecified atom stereocenters. The Morgan fingerprint density at radius 1 is 1.07 bits per heavy atom. The predicted molar refractivity (Wildman–Crippen MR) is 102 cm³/mol. The number of piperazine rings is 1. The normalized spacial score (nSPS) is 20.2. The first-order valence-electron chi connectivity index (χ1n) is 9.49. The van der Waals surface area contributed by atoms with Crippen molar-refractivity contribution in [3.63, 3.8) is 0 Å². The van der Waals surface area contributed by atoms with Crippen LogP contribution >= 0.6 is 0 Å². The summed E-state index contributed by atoms with van der Waals surface area (Å²) in [6.45, 7) is 8.39. The smallest absolute Gasteiger partial charge is 0.409 e. The second-order valence-corrected chi connectivity index (χ2v) is 7.16. The van der Waals surface area contributed by atoms with E-state index in [1.54, 1.807) is 21.6 Å². The zero-order chi connectivity index (χ0) is 19.6. The molecule has 0 radical (unpaired) electrons. The van der Waals surface area contributed by atoms with Gasteiger partial charge in [-0.25, -0.2) is 4.79 Å². The fraction of sp³-hybridized carbons (Fsp3) is 0.550. The Labute approximate surface area is 159 Å². The van der Waals surface area contributed by atoms with Crippen molar-refractivity contribution in [1.29, 1.82) is 0 Å². The van der Waals surface area contributed by atoms with Gasteiger partial charge in [0.1, 0.15) is 0 Å². The molecule has 0 aromatic heterocycles. The third kappa shape index (κ3) is 3.91. The lowest BCUT2D eigenvalue weighted by Crippen LogP contribution is -2.52. The van der Waals surface area contributed by atoms with Crippen LogP contribution in [0.25, 0.3) is 0 Å². The molecule has 1 aromatic carbocycles. The molecule has 3 amide bonds. The summed E-state index contributed by atoms with van der Waals surface area (Å²) in [6, 6.07) is 5.94. The molecule has 0 bridgehead atoms. The molecule has 0 saturated carbocycles. The van der Waals surface area contributed by atoms with Crippen LogP contribution in [0.5, 0.6) is 0 Å². The van der Waals surface area contributed by atoms with E-state index >= 15 is 0 Å². The van der Waals surface area contributed by atoms with E-state index in [0.717, 1.165) is 16.8 Å². The van der Waals surface area contributed by atoms with Gasteiger partial charge >= 0.3 is 6.09 Å². The number of nitrogens with zero attached hydrogens (tertiary/aromatic N) is 3. The van der Waals surface area contributed by atoms with Gasteiger partial charge in [-0.1, -0.05) is 18.2 Å². The highest BCUT2D eigenvalue weighted by atomic mass is 16.6. The number of benzene rings is 1. The average Bonchev–Trinajstić information content (AvgIpc) is 3.03. The van der Waals surface area contributed by atoms with Crippen molar-refractivity contribution in [2.75, 3.05) is 44.2 Å². The van der Waals surface area contributed by atoms with Gasteiger partial charge in [-0.15, -0.1) is 0 Å². The first-order chi connectivity index (χ1) is 12.9. The molecule has 2 aliphatic rings. The van der Waals surface area contributed by atoms with Gasteiger partial charge in [0, 0.05) is 44.8 Å². The summed E-state index contributed by atoms with van der Waals surface area (Å²) in [5.74, 6) is -0.331. The van der Waals surface area contributed by atoms with E-state index in [1.807, 2.05) is 32.0 Å². The number of amides is 3. The molecule has 2 aliphatic heterocycles. The van der Waals surface area contributed by atoms with E-state index in [0.29, 0.717) is 39.3 Å². The van der Waals surface area contributed by atoms with Crippen molar-refractivity contribution in [3.05, 3.63) is 29.3 Å². The first-order valence-corrected chi connectivity index (χ1v) is 9.49. The van der Waals surface area contributed by atoms with Crippen LogP contribution < -0.4 is 4.90 Å². The van der Waals surface area contributed by atoms with Crippen LogP contribution in [0.4, 0.5) is 10.5 Å². The summed E-state index contributed by atoms with van der Waals surface area (Å²) in [6.07, 6.45) is -0.0909. The summed E-state index contributed by atoms with van der Waals surface area (Å²) in [7, 11) is 0. The summed E-state index contributed by atoms with van der Waals surface area (Å²) < 4.78 is 5.01. The number of hydrogen-bond acceptors (Lipinski definition) is 4. The van der Waals surface area contributed by atoms with Crippen LogP contribution in [-0.2, 0) is 14.3 Å². The molecule has 27 heavy (non-hydrogen) atoms. The standard InChI is InChI=1S/C20H27N3O4/c1-4-27-20(26)22-10-8-21(9-11-22)19(25)16-12-17(24)23(13-16)18-14(2)6-5-7-15(18)3/h5-7,16H,4,8-13H2,1-3H3.